The first-order valence-electron chi connectivity index (χ1n) is 8.58. The van der Waals surface area contributed by atoms with Crippen molar-refractivity contribution in [2.45, 2.75) is 64.8 Å². The summed E-state index contributed by atoms with van der Waals surface area (Å²) in [5.41, 5.74) is 1.01. The lowest BCUT2D eigenvalue weighted by atomic mass is 9.75. The van der Waals surface area contributed by atoms with Crippen molar-refractivity contribution in [3.05, 3.63) is 29.8 Å². The van der Waals surface area contributed by atoms with E-state index in [-0.39, 0.29) is 11.9 Å². The minimum atomic E-state index is -0.230. The highest BCUT2D eigenvalue weighted by Crippen LogP contribution is 2.38. The number of hydrogen-bond donors (Lipinski definition) is 1. The molecule has 1 aromatic heterocycles. The van der Waals surface area contributed by atoms with Gasteiger partial charge >= 0.3 is 0 Å². The Morgan fingerprint density at radius 1 is 1.24 bits per heavy atom. The molecule has 1 saturated carbocycles. The van der Waals surface area contributed by atoms with E-state index >= 15 is 0 Å². The van der Waals surface area contributed by atoms with E-state index in [1.807, 2.05) is 6.20 Å². The Morgan fingerprint density at radius 2 is 2.00 bits per heavy atom. The Morgan fingerprint density at radius 3 is 2.62 bits per heavy atom. The monoisotopic (exact) mass is 292 g/mol. The van der Waals surface area contributed by atoms with E-state index in [1.54, 1.807) is 6.07 Å². The zero-order chi connectivity index (χ0) is 15.1. The van der Waals surface area contributed by atoms with Gasteiger partial charge in [-0.2, -0.15) is 0 Å². The molecule has 0 aliphatic heterocycles. The fraction of sp³-hybridized carbons (Fsp3) is 0.722. The maximum Gasteiger partial charge on any atom is 0.141 e. The summed E-state index contributed by atoms with van der Waals surface area (Å²) >= 11 is 0. The molecule has 1 fully saturated rings. The molecule has 2 nitrogen and oxygen atoms in total. The number of pyridine rings is 1. The van der Waals surface area contributed by atoms with Gasteiger partial charge < -0.3 is 5.32 Å². The molecule has 1 atom stereocenters. The Kier molecular flexibility index (Phi) is 6.62. The van der Waals surface area contributed by atoms with Crippen LogP contribution in [0.3, 0.4) is 0 Å². The van der Waals surface area contributed by atoms with Gasteiger partial charge in [-0.05, 0) is 42.9 Å². The fourth-order valence-electron chi connectivity index (χ4n) is 3.68. The molecule has 0 bridgehead atoms. The number of unbranched alkanes of at least 4 members (excludes halogenated alkanes) is 1. The largest absolute Gasteiger partial charge is 0.310 e. The van der Waals surface area contributed by atoms with Gasteiger partial charge in [0.15, 0.2) is 0 Å². The van der Waals surface area contributed by atoms with Crippen LogP contribution >= 0.6 is 0 Å². The summed E-state index contributed by atoms with van der Waals surface area (Å²) < 4.78 is 13.4. The summed E-state index contributed by atoms with van der Waals surface area (Å²) in [5, 5.41) is 3.55. The van der Waals surface area contributed by atoms with E-state index < -0.39 is 0 Å². The third kappa shape index (κ3) is 4.77. The Balaban J connectivity index is 1.97. The Bertz CT molecular complexity index is 413. The fourth-order valence-corrected chi connectivity index (χ4v) is 3.68. The van der Waals surface area contributed by atoms with E-state index in [0.29, 0.717) is 5.92 Å². The van der Waals surface area contributed by atoms with E-state index in [1.165, 1.54) is 51.1 Å². The average Bonchev–Trinajstić information content (AvgIpc) is 2.51. The molecular weight excluding hydrogens is 263 g/mol. The molecule has 0 amide bonds. The van der Waals surface area contributed by atoms with Gasteiger partial charge in [-0.1, -0.05) is 46.0 Å². The molecule has 1 aliphatic rings. The normalized spacial score (nSPS) is 24.0. The maximum atomic E-state index is 13.4. The molecule has 0 saturated heterocycles. The number of rotatable bonds is 7. The second-order valence-electron chi connectivity index (χ2n) is 6.39. The van der Waals surface area contributed by atoms with Gasteiger partial charge in [0.25, 0.3) is 0 Å². The van der Waals surface area contributed by atoms with Gasteiger partial charge in [-0.25, -0.2) is 4.39 Å². The molecule has 0 spiro atoms. The summed E-state index contributed by atoms with van der Waals surface area (Å²) in [7, 11) is 0. The smallest absolute Gasteiger partial charge is 0.141 e. The summed E-state index contributed by atoms with van der Waals surface area (Å²) in [6.45, 7) is 5.30. The van der Waals surface area contributed by atoms with Crippen LogP contribution in [-0.4, -0.2) is 11.5 Å². The molecule has 21 heavy (non-hydrogen) atoms. The molecule has 1 unspecified atom stereocenters. The van der Waals surface area contributed by atoms with E-state index in [9.17, 15) is 4.39 Å². The average molecular weight is 292 g/mol. The summed E-state index contributed by atoms with van der Waals surface area (Å²) in [6.07, 6.45) is 12.3. The Labute approximate surface area is 128 Å². The first kappa shape index (κ1) is 16.4. The van der Waals surface area contributed by atoms with Crippen LogP contribution in [0.1, 0.15) is 70.4 Å². The van der Waals surface area contributed by atoms with E-state index in [0.717, 1.165) is 18.0 Å². The van der Waals surface area contributed by atoms with Gasteiger partial charge in [0.1, 0.15) is 5.82 Å². The quantitative estimate of drug-likeness (QED) is 0.775. The second-order valence-corrected chi connectivity index (χ2v) is 6.39. The topological polar surface area (TPSA) is 24.9 Å². The van der Waals surface area contributed by atoms with Crippen LogP contribution in [0.5, 0.6) is 0 Å². The SMILES string of the molecule is CCCCC1CCC(C(NCC)c2cncc(F)c2)CC1. The molecular formula is C18H29FN2. The van der Waals surface area contributed by atoms with Crippen molar-refractivity contribution in [3.8, 4) is 0 Å². The third-order valence-electron chi connectivity index (χ3n) is 4.84. The van der Waals surface area contributed by atoms with Gasteiger partial charge in [0.2, 0.25) is 0 Å². The molecule has 1 aliphatic carbocycles. The van der Waals surface area contributed by atoms with Crippen molar-refractivity contribution in [2.24, 2.45) is 11.8 Å². The highest BCUT2D eigenvalue weighted by atomic mass is 19.1. The summed E-state index contributed by atoms with van der Waals surface area (Å²) in [6, 6.07) is 1.90. The maximum absolute atomic E-state index is 13.4. The van der Waals surface area contributed by atoms with Crippen molar-refractivity contribution < 1.29 is 4.39 Å². The zero-order valence-corrected chi connectivity index (χ0v) is 13.4. The first-order chi connectivity index (χ1) is 10.2. The predicted molar refractivity (Wildman–Crippen MR) is 85.6 cm³/mol. The number of halogens is 1. The third-order valence-corrected chi connectivity index (χ3v) is 4.84. The van der Waals surface area contributed by atoms with E-state index in [4.69, 9.17) is 0 Å². The van der Waals surface area contributed by atoms with Gasteiger partial charge in [0.05, 0.1) is 6.20 Å². The van der Waals surface area contributed by atoms with E-state index in [2.05, 4.69) is 24.1 Å². The standard InChI is InChI=1S/C18H29FN2/c1-3-5-6-14-7-9-15(10-8-14)18(21-4-2)16-11-17(19)13-20-12-16/h11-15,18,21H,3-10H2,1-2H3. The lowest BCUT2D eigenvalue weighted by Crippen LogP contribution is -2.31. The summed E-state index contributed by atoms with van der Waals surface area (Å²) in [4.78, 5) is 4.02. The molecule has 2 rings (SSSR count). The van der Waals surface area contributed by atoms with Crippen molar-refractivity contribution >= 4 is 0 Å². The van der Waals surface area contributed by atoms with Crippen molar-refractivity contribution in [3.63, 3.8) is 0 Å². The molecule has 1 N–H and O–H groups in total. The molecule has 0 aromatic carbocycles. The van der Waals surface area contributed by atoms with Crippen molar-refractivity contribution in [1.82, 2.24) is 10.3 Å². The highest BCUT2D eigenvalue weighted by molar-refractivity contribution is 5.16. The zero-order valence-electron chi connectivity index (χ0n) is 13.4. The number of nitrogens with one attached hydrogen (secondary N) is 1. The number of hydrogen-bond acceptors (Lipinski definition) is 2. The van der Waals surface area contributed by atoms with Crippen molar-refractivity contribution in [2.75, 3.05) is 6.54 Å². The minimum absolute atomic E-state index is 0.230. The molecule has 118 valence electrons. The van der Waals surface area contributed by atoms with Crippen molar-refractivity contribution in [1.29, 1.82) is 0 Å². The highest BCUT2D eigenvalue weighted by Gasteiger charge is 2.28. The van der Waals surface area contributed by atoms with Gasteiger partial charge in [-0.15, -0.1) is 0 Å². The lowest BCUT2D eigenvalue weighted by Gasteiger charge is -2.34. The first-order valence-corrected chi connectivity index (χ1v) is 8.58. The molecule has 1 aromatic rings. The van der Waals surface area contributed by atoms with Gasteiger partial charge in [0, 0.05) is 12.2 Å². The van der Waals surface area contributed by atoms with Crippen LogP contribution in [0, 0.1) is 17.7 Å². The molecule has 3 heteroatoms. The number of aromatic nitrogens is 1. The minimum Gasteiger partial charge on any atom is -0.310 e. The second kappa shape index (κ2) is 8.47. The number of nitrogens with zero attached hydrogens (tertiary/aromatic N) is 1. The van der Waals surface area contributed by atoms with Crippen LogP contribution in [0.25, 0.3) is 0 Å². The summed E-state index contributed by atoms with van der Waals surface area (Å²) in [5.74, 6) is 1.30. The van der Waals surface area contributed by atoms with Crippen LogP contribution in [0.15, 0.2) is 18.5 Å². The predicted octanol–water partition coefficient (Wildman–Crippen LogP) is 4.87. The van der Waals surface area contributed by atoms with Crippen LogP contribution < -0.4 is 5.32 Å². The van der Waals surface area contributed by atoms with Crippen LogP contribution in [-0.2, 0) is 0 Å². The van der Waals surface area contributed by atoms with Gasteiger partial charge in [-0.3, -0.25) is 4.98 Å². The van der Waals surface area contributed by atoms with Crippen LogP contribution in [0.4, 0.5) is 4.39 Å². The molecule has 0 radical (unpaired) electrons. The molecule has 1 heterocycles. The van der Waals surface area contributed by atoms with Crippen LogP contribution in [0.2, 0.25) is 0 Å². The Hall–Kier alpha value is -0.960. The lowest BCUT2D eigenvalue weighted by molar-refractivity contribution is 0.214.